The number of hydrogen-bond donors (Lipinski definition) is 0. The molecule has 0 saturated carbocycles. The molecule has 0 aliphatic carbocycles. The van der Waals surface area contributed by atoms with E-state index in [2.05, 4.69) is 0 Å². The van der Waals surface area contributed by atoms with Crippen molar-refractivity contribution >= 4 is 17.7 Å². The lowest BCUT2D eigenvalue weighted by Gasteiger charge is -2.08. The molecule has 0 radical (unpaired) electrons. The molecule has 2 aromatic carbocycles. The number of carbonyl (C=O) groups excluding carboxylic acids is 1. The minimum absolute atomic E-state index is 0.0927. The molecule has 0 bridgehead atoms. The molecule has 1 atom stereocenters. The van der Waals surface area contributed by atoms with Crippen molar-refractivity contribution in [2.75, 3.05) is 0 Å². The highest BCUT2D eigenvalue weighted by molar-refractivity contribution is 8.00. The Morgan fingerprint density at radius 2 is 1.63 bits per heavy atom. The molecule has 2 aromatic rings. The Kier molecular flexibility index (Phi) is 4.98. The molecule has 0 aliphatic heterocycles. The maximum absolute atomic E-state index is 13.7. The van der Waals surface area contributed by atoms with E-state index in [0.717, 1.165) is 17.3 Å². The summed E-state index contributed by atoms with van der Waals surface area (Å²) in [7, 11) is 0. The normalized spacial score (nSPS) is 11.8. The van der Waals surface area contributed by atoms with Crippen LogP contribution in [-0.2, 0) is 16.1 Å². The Labute approximate surface area is 115 Å². The summed E-state index contributed by atoms with van der Waals surface area (Å²) in [4.78, 5) is 12.2. The van der Waals surface area contributed by atoms with Crippen molar-refractivity contribution in [3.63, 3.8) is 0 Å². The van der Waals surface area contributed by atoms with Crippen LogP contribution in [-0.4, -0.2) is 11.5 Å². The van der Waals surface area contributed by atoms with Gasteiger partial charge in [0.25, 0.3) is 0 Å². The van der Waals surface area contributed by atoms with Gasteiger partial charge in [-0.05, 0) is 17.7 Å². The fraction of sp³-hybridized carbons (Fsp3) is 0.133. The number of thioether (sulfide) groups is 1. The number of rotatable bonds is 5. The standard InChI is InChI=1S/C15H13FO2S/c16-14(19-13-9-5-2-6-10-13)15(17)18-11-12-7-3-1-4-8-12/h1-10,14H,11H2. The zero-order valence-electron chi connectivity index (χ0n) is 10.2. The van der Waals surface area contributed by atoms with Gasteiger partial charge in [-0.3, -0.25) is 0 Å². The average Bonchev–Trinajstić information content (AvgIpc) is 2.47. The average molecular weight is 276 g/mol. The second-order valence-corrected chi connectivity index (χ2v) is 4.96. The minimum atomic E-state index is -1.70. The van der Waals surface area contributed by atoms with Crippen LogP contribution in [0.5, 0.6) is 0 Å². The molecule has 0 amide bonds. The van der Waals surface area contributed by atoms with Crippen molar-refractivity contribution in [2.24, 2.45) is 0 Å². The molecule has 1 unspecified atom stereocenters. The highest BCUT2D eigenvalue weighted by Crippen LogP contribution is 2.24. The Balaban J connectivity index is 1.83. The van der Waals surface area contributed by atoms with Crippen LogP contribution in [0.2, 0.25) is 0 Å². The molecular formula is C15H13FO2S. The van der Waals surface area contributed by atoms with Crippen LogP contribution in [0.3, 0.4) is 0 Å². The van der Waals surface area contributed by atoms with Crippen molar-refractivity contribution in [1.82, 2.24) is 0 Å². The van der Waals surface area contributed by atoms with Crippen molar-refractivity contribution in [3.8, 4) is 0 Å². The molecule has 0 fully saturated rings. The summed E-state index contributed by atoms with van der Waals surface area (Å²) in [5.74, 6) is -0.849. The maximum Gasteiger partial charge on any atom is 0.352 e. The van der Waals surface area contributed by atoms with Crippen LogP contribution >= 0.6 is 11.8 Å². The van der Waals surface area contributed by atoms with Gasteiger partial charge >= 0.3 is 5.97 Å². The lowest BCUT2D eigenvalue weighted by molar-refractivity contribution is -0.147. The number of benzene rings is 2. The number of halogens is 1. The second kappa shape index (κ2) is 6.95. The monoisotopic (exact) mass is 276 g/mol. The molecule has 0 saturated heterocycles. The molecule has 0 aromatic heterocycles. The van der Waals surface area contributed by atoms with Gasteiger partial charge < -0.3 is 4.74 Å². The quantitative estimate of drug-likeness (QED) is 0.613. The third-order valence-electron chi connectivity index (χ3n) is 2.39. The van der Waals surface area contributed by atoms with Gasteiger partial charge in [0.1, 0.15) is 6.61 Å². The molecular weight excluding hydrogens is 263 g/mol. The minimum Gasteiger partial charge on any atom is -0.458 e. The van der Waals surface area contributed by atoms with Crippen LogP contribution < -0.4 is 0 Å². The Bertz CT molecular complexity index is 516. The summed E-state index contributed by atoms with van der Waals surface area (Å²) < 4.78 is 18.6. The van der Waals surface area contributed by atoms with Crippen LogP contribution in [0.15, 0.2) is 65.6 Å². The van der Waals surface area contributed by atoms with Crippen LogP contribution in [0.4, 0.5) is 4.39 Å². The lowest BCUT2D eigenvalue weighted by Crippen LogP contribution is -2.15. The van der Waals surface area contributed by atoms with E-state index in [1.165, 1.54) is 0 Å². The zero-order chi connectivity index (χ0) is 13.5. The third kappa shape index (κ3) is 4.41. The van der Waals surface area contributed by atoms with Crippen molar-refractivity contribution in [3.05, 3.63) is 66.2 Å². The van der Waals surface area contributed by atoms with E-state index in [1.807, 2.05) is 36.4 Å². The molecule has 0 spiro atoms. The smallest absolute Gasteiger partial charge is 0.352 e. The largest absolute Gasteiger partial charge is 0.458 e. The summed E-state index contributed by atoms with van der Waals surface area (Å²) in [6.07, 6.45) is 0. The van der Waals surface area contributed by atoms with E-state index >= 15 is 0 Å². The number of hydrogen-bond acceptors (Lipinski definition) is 3. The second-order valence-electron chi connectivity index (χ2n) is 3.84. The first-order valence-electron chi connectivity index (χ1n) is 5.82. The van der Waals surface area contributed by atoms with Gasteiger partial charge in [0.15, 0.2) is 0 Å². The molecule has 98 valence electrons. The number of ether oxygens (including phenoxy) is 1. The molecule has 2 rings (SSSR count). The van der Waals surface area contributed by atoms with Gasteiger partial charge in [0, 0.05) is 4.90 Å². The molecule has 0 heterocycles. The topological polar surface area (TPSA) is 26.3 Å². The van der Waals surface area contributed by atoms with Gasteiger partial charge in [-0.15, -0.1) is 0 Å². The van der Waals surface area contributed by atoms with E-state index in [1.54, 1.807) is 24.3 Å². The van der Waals surface area contributed by atoms with Gasteiger partial charge in [-0.25, -0.2) is 9.18 Å². The summed E-state index contributed by atoms with van der Waals surface area (Å²) in [5, 5.41) is 0. The van der Waals surface area contributed by atoms with Crippen LogP contribution in [0, 0.1) is 0 Å². The Morgan fingerprint density at radius 3 is 2.26 bits per heavy atom. The Hall–Kier alpha value is -1.81. The maximum atomic E-state index is 13.7. The van der Waals surface area contributed by atoms with Crippen LogP contribution in [0.25, 0.3) is 0 Å². The van der Waals surface area contributed by atoms with E-state index in [4.69, 9.17) is 4.74 Å². The number of alkyl halides is 1. The lowest BCUT2D eigenvalue weighted by atomic mass is 10.2. The number of esters is 1. The van der Waals surface area contributed by atoms with Gasteiger partial charge in [0.2, 0.25) is 5.50 Å². The van der Waals surface area contributed by atoms with E-state index in [-0.39, 0.29) is 6.61 Å². The Morgan fingerprint density at radius 1 is 1.05 bits per heavy atom. The highest BCUT2D eigenvalue weighted by atomic mass is 32.2. The zero-order valence-corrected chi connectivity index (χ0v) is 11.0. The molecule has 19 heavy (non-hydrogen) atoms. The van der Waals surface area contributed by atoms with E-state index in [0.29, 0.717) is 4.90 Å². The highest BCUT2D eigenvalue weighted by Gasteiger charge is 2.20. The predicted molar refractivity (Wildman–Crippen MR) is 73.4 cm³/mol. The summed E-state index contributed by atoms with van der Waals surface area (Å²) in [6.45, 7) is 0.0927. The van der Waals surface area contributed by atoms with Crippen molar-refractivity contribution in [1.29, 1.82) is 0 Å². The summed E-state index contributed by atoms with van der Waals surface area (Å²) in [5.41, 5.74) is -0.862. The first kappa shape index (κ1) is 13.6. The van der Waals surface area contributed by atoms with Crippen molar-refractivity contribution < 1.29 is 13.9 Å². The molecule has 0 N–H and O–H groups in total. The van der Waals surface area contributed by atoms with Crippen molar-refractivity contribution in [2.45, 2.75) is 17.0 Å². The third-order valence-corrected chi connectivity index (χ3v) is 3.34. The van der Waals surface area contributed by atoms with Gasteiger partial charge in [0.05, 0.1) is 0 Å². The van der Waals surface area contributed by atoms with Gasteiger partial charge in [-0.1, -0.05) is 60.3 Å². The summed E-state index contributed by atoms with van der Waals surface area (Å²) in [6, 6.07) is 18.1. The molecule has 4 heteroatoms. The summed E-state index contributed by atoms with van der Waals surface area (Å²) >= 11 is 0.846. The fourth-order valence-corrected chi connectivity index (χ4v) is 2.18. The first-order chi connectivity index (χ1) is 9.25. The number of carbonyl (C=O) groups is 1. The first-order valence-corrected chi connectivity index (χ1v) is 6.70. The van der Waals surface area contributed by atoms with E-state index in [9.17, 15) is 9.18 Å². The van der Waals surface area contributed by atoms with Crippen LogP contribution in [0.1, 0.15) is 5.56 Å². The SMILES string of the molecule is O=C(OCc1ccccc1)C(F)Sc1ccccc1. The van der Waals surface area contributed by atoms with E-state index < -0.39 is 11.5 Å². The fourth-order valence-electron chi connectivity index (χ4n) is 1.46. The molecule has 0 aliphatic rings. The van der Waals surface area contributed by atoms with Gasteiger partial charge in [-0.2, -0.15) is 0 Å². The predicted octanol–water partition coefficient (Wildman–Crippen LogP) is 3.82. The molecule has 2 nitrogen and oxygen atoms in total.